The Bertz CT molecular complexity index is 269. The maximum atomic E-state index is 5.88. The molecule has 1 atom stereocenters. The smallest absolute Gasteiger partial charge is 0.0600 e. The molecule has 0 aliphatic rings. The second-order valence-electron chi connectivity index (χ2n) is 3.23. The van der Waals surface area contributed by atoms with E-state index in [1.165, 1.54) is 11.1 Å². The molecule has 0 radical (unpaired) electrons. The normalized spacial score (nSPS) is 13.0. The van der Waals surface area contributed by atoms with E-state index < -0.39 is 0 Å². The van der Waals surface area contributed by atoms with E-state index in [9.17, 15) is 0 Å². The van der Waals surface area contributed by atoms with Gasteiger partial charge in [-0.15, -0.1) is 0 Å². The lowest BCUT2D eigenvalue weighted by atomic mass is 10.1. The van der Waals surface area contributed by atoms with Crippen LogP contribution in [0.4, 0.5) is 0 Å². The van der Waals surface area contributed by atoms with Crippen LogP contribution in [0.15, 0.2) is 12.3 Å². The molecule has 0 fully saturated rings. The fourth-order valence-corrected chi connectivity index (χ4v) is 1.31. The van der Waals surface area contributed by atoms with Gasteiger partial charge in [0.1, 0.15) is 0 Å². The molecule has 2 N–H and O–H groups in total. The number of nitrogens with zero attached hydrogens (tertiary/aromatic N) is 1. The summed E-state index contributed by atoms with van der Waals surface area (Å²) in [7, 11) is 0. The zero-order valence-corrected chi connectivity index (χ0v) is 7.96. The van der Waals surface area contributed by atoms with E-state index in [4.69, 9.17) is 5.73 Å². The van der Waals surface area contributed by atoms with Crippen molar-refractivity contribution >= 4 is 0 Å². The van der Waals surface area contributed by atoms with Crippen LogP contribution in [-0.4, -0.2) is 4.98 Å². The number of aryl methyl sites for hydroxylation is 2. The molecule has 0 aliphatic carbocycles. The molecular weight excluding hydrogens is 148 g/mol. The summed E-state index contributed by atoms with van der Waals surface area (Å²) in [5.74, 6) is 0. The third-order valence-corrected chi connectivity index (χ3v) is 2.05. The van der Waals surface area contributed by atoms with Gasteiger partial charge in [-0.05, 0) is 31.4 Å². The molecule has 0 aromatic carbocycles. The molecule has 0 amide bonds. The summed E-state index contributed by atoms with van der Waals surface area (Å²) in [6.07, 6.45) is 2.81. The van der Waals surface area contributed by atoms with Crippen molar-refractivity contribution in [3.63, 3.8) is 0 Å². The number of nitrogens with two attached hydrogens (primary N) is 1. The average molecular weight is 164 g/mol. The van der Waals surface area contributed by atoms with Crippen molar-refractivity contribution in [3.8, 4) is 0 Å². The SMILES string of the molecule is CC[C@H](N)c1ncc(C)cc1C. The summed E-state index contributed by atoms with van der Waals surface area (Å²) >= 11 is 0. The van der Waals surface area contributed by atoms with Crippen LogP contribution in [0.3, 0.4) is 0 Å². The summed E-state index contributed by atoms with van der Waals surface area (Å²) in [6.45, 7) is 6.18. The molecule has 0 unspecified atom stereocenters. The van der Waals surface area contributed by atoms with Gasteiger partial charge in [-0.1, -0.05) is 13.0 Å². The lowest BCUT2D eigenvalue weighted by molar-refractivity contribution is 0.669. The standard InChI is InChI=1S/C10H16N2/c1-4-9(11)10-8(3)5-7(2)6-12-10/h5-6,9H,4,11H2,1-3H3/t9-/m0/s1. The van der Waals surface area contributed by atoms with Gasteiger partial charge in [-0.2, -0.15) is 0 Å². The number of hydrogen-bond donors (Lipinski definition) is 1. The van der Waals surface area contributed by atoms with Crippen LogP contribution in [0.25, 0.3) is 0 Å². The largest absolute Gasteiger partial charge is 0.323 e. The molecular formula is C10H16N2. The van der Waals surface area contributed by atoms with E-state index in [1.807, 2.05) is 13.1 Å². The third-order valence-electron chi connectivity index (χ3n) is 2.05. The number of rotatable bonds is 2. The molecule has 0 aliphatic heterocycles. The Morgan fingerprint density at radius 1 is 1.50 bits per heavy atom. The molecule has 0 saturated heterocycles. The molecule has 2 heteroatoms. The van der Waals surface area contributed by atoms with Gasteiger partial charge in [0.25, 0.3) is 0 Å². The Hall–Kier alpha value is -0.890. The van der Waals surface area contributed by atoms with Crippen LogP contribution < -0.4 is 5.73 Å². The van der Waals surface area contributed by atoms with Gasteiger partial charge in [0.2, 0.25) is 0 Å². The number of aromatic nitrogens is 1. The Morgan fingerprint density at radius 2 is 2.17 bits per heavy atom. The zero-order valence-electron chi connectivity index (χ0n) is 7.96. The first-order valence-corrected chi connectivity index (χ1v) is 4.34. The summed E-state index contributed by atoms with van der Waals surface area (Å²) in [6, 6.07) is 2.21. The Morgan fingerprint density at radius 3 is 2.67 bits per heavy atom. The zero-order chi connectivity index (χ0) is 9.14. The van der Waals surface area contributed by atoms with Crippen molar-refractivity contribution < 1.29 is 0 Å². The summed E-state index contributed by atoms with van der Waals surface area (Å²) < 4.78 is 0. The second kappa shape index (κ2) is 3.68. The minimum absolute atomic E-state index is 0.0885. The third kappa shape index (κ3) is 1.83. The van der Waals surface area contributed by atoms with Crippen LogP contribution in [0.1, 0.15) is 36.2 Å². The summed E-state index contributed by atoms with van der Waals surface area (Å²) in [5, 5.41) is 0. The van der Waals surface area contributed by atoms with E-state index in [-0.39, 0.29) is 6.04 Å². The fourth-order valence-electron chi connectivity index (χ4n) is 1.31. The average Bonchev–Trinajstić information content (AvgIpc) is 2.03. The monoisotopic (exact) mass is 164 g/mol. The summed E-state index contributed by atoms with van der Waals surface area (Å²) in [5.41, 5.74) is 9.31. The molecule has 1 aromatic heterocycles. The number of pyridine rings is 1. The van der Waals surface area contributed by atoms with Crippen LogP contribution >= 0.6 is 0 Å². The molecule has 1 heterocycles. The van der Waals surface area contributed by atoms with Gasteiger partial charge in [0, 0.05) is 12.2 Å². The maximum absolute atomic E-state index is 5.88. The molecule has 12 heavy (non-hydrogen) atoms. The van der Waals surface area contributed by atoms with E-state index in [0.29, 0.717) is 0 Å². The highest BCUT2D eigenvalue weighted by Crippen LogP contribution is 2.15. The van der Waals surface area contributed by atoms with Crippen LogP contribution in [0, 0.1) is 13.8 Å². The minimum atomic E-state index is 0.0885. The highest BCUT2D eigenvalue weighted by molar-refractivity contribution is 5.25. The first kappa shape index (κ1) is 9.20. The Labute approximate surface area is 73.8 Å². The van der Waals surface area contributed by atoms with Gasteiger partial charge in [-0.3, -0.25) is 4.98 Å². The highest BCUT2D eigenvalue weighted by atomic mass is 14.8. The quantitative estimate of drug-likeness (QED) is 0.727. The van der Waals surface area contributed by atoms with Crippen molar-refractivity contribution in [3.05, 3.63) is 29.1 Å². The number of hydrogen-bond acceptors (Lipinski definition) is 2. The fraction of sp³-hybridized carbons (Fsp3) is 0.500. The molecule has 66 valence electrons. The van der Waals surface area contributed by atoms with Crippen molar-refractivity contribution in [1.29, 1.82) is 0 Å². The highest BCUT2D eigenvalue weighted by Gasteiger charge is 2.07. The van der Waals surface area contributed by atoms with Gasteiger partial charge < -0.3 is 5.73 Å². The Kier molecular flexibility index (Phi) is 2.82. The molecule has 0 saturated carbocycles. The van der Waals surface area contributed by atoms with E-state index in [2.05, 4.69) is 24.9 Å². The first-order chi connectivity index (χ1) is 5.65. The van der Waals surface area contributed by atoms with Gasteiger partial charge in [0.05, 0.1) is 5.69 Å². The van der Waals surface area contributed by atoms with Crippen molar-refractivity contribution in [2.75, 3.05) is 0 Å². The van der Waals surface area contributed by atoms with Crippen molar-refractivity contribution in [2.24, 2.45) is 5.73 Å². The molecule has 1 rings (SSSR count). The van der Waals surface area contributed by atoms with Crippen LogP contribution in [0.2, 0.25) is 0 Å². The van der Waals surface area contributed by atoms with Gasteiger partial charge in [0.15, 0.2) is 0 Å². The molecule has 1 aromatic rings. The van der Waals surface area contributed by atoms with Crippen molar-refractivity contribution in [1.82, 2.24) is 4.98 Å². The van der Waals surface area contributed by atoms with Crippen LogP contribution in [-0.2, 0) is 0 Å². The van der Waals surface area contributed by atoms with E-state index in [0.717, 1.165) is 12.1 Å². The lowest BCUT2D eigenvalue weighted by Gasteiger charge is -2.11. The van der Waals surface area contributed by atoms with Gasteiger partial charge in [-0.25, -0.2) is 0 Å². The molecule has 0 spiro atoms. The van der Waals surface area contributed by atoms with Crippen molar-refractivity contribution in [2.45, 2.75) is 33.2 Å². The Balaban J connectivity index is 3.01. The second-order valence-corrected chi connectivity index (χ2v) is 3.23. The molecule has 0 bridgehead atoms. The topological polar surface area (TPSA) is 38.9 Å². The predicted molar refractivity (Wildman–Crippen MR) is 50.9 cm³/mol. The molecule has 2 nitrogen and oxygen atoms in total. The van der Waals surface area contributed by atoms with Gasteiger partial charge >= 0.3 is 0 Å². The maximum Gasteiger partial charge on any atom is 0.0600 e. The summed E-state index contributed by atoms with van der Waals surface area (Å²) in [4.78, 5) is 4.32. The predicted octanol–water partition coefficient (Wildman–Crippen LogP) is 2.11. The van der Waals surface area contributed by atoms with E-state index in [1.54, 1.807) is 0 Å². The van der Waals surface area contributed by atoms with E-state index >= 15 is 0 Å². The minimum Gasteiger partial charge on any atom is -0.323 e. The first-order valence-electron chi connectivity index (χ1n) is 4.34. The van der Waals surface area contributed by atoms with Crippen LogP contribution in [0.5, 0.6) is 0 Å². The lowest BCUT2D eigenvalue weighted by Crippen LogP contribution is -2.12.